The van der Waals surface area contributed by atoms with Gasteiger partial charge in [0, 0.05) is 18.8 Å². The Labute approximate surface area is 132 Å². The summed E-state index contributed by atoms with van der Waals surface area (Å²) >= 11 is 0. The summed E-state index contributed by atoms with van der Waals surface area (Å²) in [4.78, 5) is 14.1. The number of nitrogens with zero attached hydrogens (tertiary/aromatic N) is 1. The van der Waals surface area contributed by atoms with Gasteiger partial charge in [0.05, 0.1) is 6.61 Å². The molecule has 1 fully saturated rings. The molecule has 1 amide bonds. The minimum Gasteiger partial charge on any atom is -0.448 e. The van der Waals surface area contributed by atoms with E-state index in [0.29, 0.717) is 19.8 Å². The fraction of sp³-hybridized carbons (Fsp3) is 0.588. The van der Waals surface area contributed by atoms with Gasteiger partial charge in [0.25, 0.3) is 0 Å². The minimum absolute atomic E-state index is 0.398. The average molecular weight is 306 g/mol. The van der Waals surface area contributed by atoms with Crippen LogP contribution >= 0.6 is 0 Å². The number of carbonyl (C=O) groups excluding carboxylic acids is 1. The number of anilines is 1. The highest BCUT2D eigenvalue weighted by Gasteiger charge is 2.10. The van der Waals surface area contributed by atoms with Crippen LogP contribution in [0, 0.1) is 0 Å². The monoisotopic (exact) mass is 306 g/mol. The smallest absolute Gasteiger partial charge is 0.411 e. The van der Waals surface area contributed by atoms with Crippen LogP contribution in [0.5, 0.6) is 0 Å². The Balaban J connectivity index is 1.69. The second-order valence-electron chi connectivity index (χ2n) is 5.50. The van der Waals surface area contributed by atoms with E-state index in [9.17, 15) is 4.79 Å². The van der Waals surface area contributed by atoms with Crippen molar-refractivity contribution in [3.05, 3.63) is 29.8 Å². The largest absolute Gasteiger partial charge is 0.448 e. The zero-order valence-electron chi connectivity index (χ0n) is 13.3. The number of benzene rings is 1. The number of amides is 1. The SMILES string of the molecule is CCOCc1cccc(NC(=O)OCCN2CCCCC2)c1. The molecule has 122 valence electrons. The fourth-order valence-electron chi connectivity index (χ4n) is 2.56. The molecule has 22 heavy (non-hydrogen) atoms. The Kier molecular flexibility index (Phi) is 7.19. The summed E-state index contributed by atoms with van der Waals surface area (Å²) in [5.41, 5.74) is 1.77. The summed E-state index contributed by atoms with van der Waals surface area (Å²) in [5, 5.41) is 2.76. The van der Waals surface area contributed by atoms with Crippen molar-refractivity contribution in [2.24, 2.45) is 0 Å². The van der Waals surface area contributed by atoms with E-state index in [2.05, 4.69) is 10.2 Å². The van der Waals surface area contributed by atoms with Gasteiger partial charge in [-0.15, -0.1) is 0 Å². The predicted molar refractivity (Wildman–Crippen MR) is 87.0 cm³/mol. The highest BCUT2D eigenvalue weighted by Crippen LogP contribution is 2.12. The zero-order chi connectivity index (χ0) is 15.6. The van der Waals surface area contributed by atoms with Crippen molar-refractivity contribution in [3.8, 4) is 0 Å². The molecule has 1 aromatic carbocycles. The van der Waals surface area contributed by atoms with E-state index in [0.717, 1.165) is 30.9 Å². The molecule has 0 aromatic heterocycles. The van der Waals surface area contributed by atoms with Crippen molar-refractivity contribution >= 4 is 11.8 Å². The van der Waals surface area contributed by atoms with Crippen molar-refractivity contribution in [3.63, 3.8) is 0 Å². The lowest BCUT2D eigenvalue weighted by Gasteiger charge is -2.25. The molecular formula is C17H26N2O3. The number of likely N-dealkylation sites (tertiary alicyclic amines) is 1. The summed E-state index contributed by atoms with van der Waals surface area (Å²) in [6.45, 7) is 6.67. The van der Waals surface area contributed by atoms with E-state index in [4.69, 9.17) is 9.47 Å². The zero-order valence-corrected chi connectivity index (χ0v) is 13.3. The average Bonchev–Trinajstić information content (AvgIpc) is 2.54. The van der Waals surface area contributed by atoms with Crippen LogP contribution in [-0.4, -0.2) is 43.8 Å². The molecular weight excluding hydrogens is 280 g/mol. The van der Waals surface area contributed by atoms with Crippen LogP contribution < -0.4 is 5.32 Å². The van der Waals surface area contributed by atoms with Gasteiger partial charge >= 0.3 is 6.09 Å². The van der Waals surface area contributed by atoms with Crippen LogP contribution in [0.15, 0.2) is 24.3 Å². The van der Waals surface area contributed by atoms with Crippen LogP contribution in [-0.2, 0) is 16.1 Å². The summed E-state index contributed by atoms with van der Waals surface area (Å²) in [7, 11) is 0. The fourth-order valence-corrected chi connectivity index (χ4v) is 2.56. The van der Waals surface area contributed by atoms with E-state index in [-0.39, 0.29) is 0 Å². The summed E-state index contributed by atoms with van der Waals surface area (Å²) in [5.74, 6) is 0. The first-order chi connectivity index (χ1) is 10.8. The lowest BCUT2D eigenvalue weighted by molar-refractivity contribution is 0.131. The molecule has 1 heterocycles. The van der Waals surface area contributed by atoms with Gasteiger partial charge in [-0.3, -0.25) is 10.2 Å². The molecule has 5 nitrogen and oxygen atoms in total. The maximum atomic E-state index is 11.8. The molecule has 2 rings (SSSR count). The Morgan fingerprint density at radius 1 is 1.27 bits per heavy atom. The number of hydrogen-bond donors (Lipinski definition) is 1. The molecule has 5 heteroatoms. The standard InChI is InChI=1S/C17H26N2O3/c1-2-21-14-15-7-6-8-16(13-15)18-17(20)22-12-11-19-9-4-3-5-10-19/h6-8,13H,2-5,9-12,14H2,1H3,(H,18,20). The highest BCUT2D eigenvalue weighted by molar-refractivity contribution is 5.84. The summed E-state index contributed by atoms with van der Waals surface area (Å²) in [6.07, 6.45) is 3.42. The number of nitrogens with one attached hydrogen (secondary N) is 1. The van der Waals surface area contributed by atoms with Gasteiger partial charge in [-0.1, -0.05) is 18.6 Å². The molecule has 0 atom stereocenters. The van der Waals surface area contributed by atoms with E-state index < -0.39 is 6.09 Å². The second kappa shape index (κ2) is 9.43. The van der Waals surface area contributed by atoms with Gasteiger partial charge in [0.1, 0.15) is 6.61 Å². The minimum atomic E-state index is -0.398. The number of rotatable bonds is 7. The van der Waals surface area contributed by atoms with Gasteiger partial charge in [-0.25, -0.2) is 4.79 Å². The van der Waals surface area contributed by atoms with E-state index in [1.807, 2.05) is 31.2 Å². The van der Waals surface area contributed by atoms with Crippen molar-refractivity contribution in [2.75, 3.05) is 38.2 Å². The first-order valence-electron chi connectivity index (χ1n) is 8.10. The molecule has 0 aliphatic carbocycles. The Morgan fingerprint density at radius 3 is 2.86 bits per heavy atom. The van der Waals surface area contributed by atoms with E-state index in [1.165, 1.54) is 19.3 Å². The first kappa shape index (κ1) is 16.8. The number of carbonyl (C=O) groups is 1. The molecule has 1 N–H and O–H groups in total. The Hall–Kier alpha value is -1.59. The van der Waals surface area contributed by atoms with Gasteiger partial charge in [-0.2, -0.15) is 0 Å². The first-order valence-corrected chi connectivity index (χ1v) is 8.10. The third-order valence-electron chi connectivity index (χ3n) is 3.74. The topological polar surface area (TPSA) is 50.8 Å². The van der Waals surface area contributed by atoms with E-state index >= 15 is 0 Å². The molecule has 0 radical (unpaired) electrons. The third kappa shape index (κ3) is 6.03. The molecule has 1 saturated heterocycles. The molecule has 0 unspecified atom stereocenters. The molecule has 1 aliphatic rings. The Bertz CT molecular complexity index is 459. The van der Waals surface area contributed by atoms with Crippen molar-refractivity contribution < 1.29 is 14.3 Å². The summed E-state index contributed by atoms with van der Waals surface area (Å²) in [6, 6.07) is 7.63. The maximum absolute atomic E-state index is 11.8. The van der Waals surface area contributed by atoms with Crippen molar-refractivity contribution in [1.82, 2.24) is 4.90 Å². The van der Waals surface area contributed by atoms with Gasteiger partial charge in [-0.05, 0) is 50.6 Å². The molecule has 0 spiro atoms. The molecule has 0 saturated carbocycles. The predicted octanol–water partition coefficient (Wildman–Crippen LogP) is 3.26. The van der Waals surface area contributed by atoms with Gasteiger partial charge in [0.2, 0.25) is 0 Å². The lowest BCUT2D eigenvalue weighted by Crippen LogP contribution is -2.33. The van der Waals surface area contributed by atoms with Gasteiger partial charge < -0.3 is 9.47 Å². The number of piperidine rings is 1. The molecule has 0 bridgehead atoms. The maximum Gasteiger partial charge on any atom is 0.411 e. The van der Waals surface area contributed by atoms with Gasteiger partial charge in [0.15, 0.2) is 0 Å². The number of hydrogen-bond acceptors (Lipinski definition) is 4. The number of ether oxygens (including phenoxy) is 2. The summed E-state index contributed by atoms with van der Waals surface area (Å²) < 4.78 is 10.6. The van der Waals surface area contributed by atoms with Crippen LogP contribution in [0.4, 0.5) is 10.5 Å². The highest BCUT2D eigenvalue weighted by atomic mass is 16.5. The second-order valence-corrected chi connectivity index (χ2v) is 5.50. The van der Waals surface area contributed by atoms with Crippen molar-refractivity contribution in [2.45, 2.75) is 32.8 Å². The van der Waals surface area contributed by atoms with Crippen LogP contribution in [0.1, 0.15) is 31.7 Å². The molecule has 1 aliphatic heterocycles. The van der Waals surface area contributed by atoms with Crippen LogP contribution in [0.2, 0.25) is 0 Å². The third-order valence-corrected chi connectivity index (χ3v) is 3.74. The van der Waals surface area contributed by atoms with Crippen LogP contribution in [0.25, 0.3) is 0 Å². The van der Waals surface area contributed by atoms with Crippen molar-refractivity contribution in [1.29, 1.82) is 0 Å². The lowest BCUT2D eigenvalue weighted by atomic mass is 10.1. The normalized spacial score (nSPS) is 15.5. The molecule has 1 aromatic rings. The van der Waals surface area contributed by atoms with E-state index in [1.54, 1.807) is 0 Å². The quantitative estimate of drug-likeness (QED) is 0.840. The Morgan fingerprint density at radius 2 is 2.09 bits per heavy atom. The van der Waals surface area contributed by atoms with Crippen LogP contribution in [0.3, 0.4) is 0 Å².